The van der Waals surface area contributed by atoms with Gasteiger partial charge in [0.05, 0.1) is 19.6 Å². The molecule has 0 spiro atoms. The van der Waals surface area contributed by atoms with Crippen LogP contribution in [-0.2, 0) is 11.3 Å². The molecule has 0 unspecified atom stereocenters. The van der Waals surface area contributed by atoms with Crippen molar-refractivity contribution in [2.24, 2.45) is 11.7 Å². The summed E-state index contributed by atoms with van der Waals surface area (Å²) in [5, 5.41) is 12.5. The Kier molecular flexibility index (Phi) is 5.85. The Labute approximate surface area is 174 Å². The number of hydrogen-bond acceptors (Lipinski definition) is 4. The van der Waals surface area contributed by atoms with Crippen LogP contribution >= 0.6 is 0 Å². The molecule has 4 rings (SSSR count). The maximum atomic E-state index is 13.3. The first-order valence-electron chi connectivity index (χ1n) is 10.2. The van der Waals surface area contributed by atoms with E-state index in [0.29, 0.717) is 6.54 Å². The van der Waals surface area contributed by atoms with Crippen LogP contribution in [-0.4, -0.2) is 39.2 Å². The number of carbonyl (C=O) groups excluding carboxylic acids is 1. The SMILES string of the molecule is Cc1ccc([C@@H](c2nnnn2Cc2ccc(F)cc2)[NH+]2CCC(C(N)=O)CC2)cc1. The Balaban J connectivity index is 1.65. The number of aromatic nitrogens is 4. The van der Waals surface area contributed by atoms with E-state index in [1.165, 1.54) is 22.6 Å². The van der Waals surface area contributed by atoms with Crippen LogP contribution in [0.5, 0.6) is 0 Å². The van der Waals surface area contributed by atoms with E-state index in [1.54, 1.807) is 16.8 Å². The summed E-state index contributed by atoms with van der Waals surface area (Å²) in [5.74, 6) is 0.204. The number of rotatable bonds is 6. The van der Waals surface area contributed by atoms with E-state index in [-0.39, 0.29) is 23.7 Å². The molecule has 1 saturated heterocycles. The first-order valence-corrected chi connectivity index (χ1v) is 10.2. The van der Waals surface area contributed by atoms with Crippen molar-refractivity contribution < 1.29 is 14.1 Å². The van der Waals surface area contributed by atoms with Crippen LogP contribution in [0.25, 0.3) is 0 Å². The summed E-state index contributed by atoms with van der Waals surface area (Å²) in [7, 11) is 0. The zero-order chi connectivity index (χ0) is 21.1. The van der Waals surface area contributed by atoms with Crippen LogP contribution in [0.15, 0.2) is 48.5 Å². The normalized spacial score (nSPS) is 20.1. The summed E-state index contributed by atoms with van der Waals surface area (Å²) < 4.78 is 15.1. The van der Waals surface area contributed by atoms with Crippen molar-refractivity contribution in [3.63, 3.8) is 0 Å². The van der Waals surface area contributed by atoms with Gasteiger partial charge in [0.2, 0.25) is 11.7 Å². The van der Waals surface area contributed by atoms with E-state index < -0.39 is 0 Å². The molecule has 1 fully saturated rings. The van der Waals surface area contributed by atoms with Crippen molar-refractivity contribution in [2.75, 3.05) is 13.1 Å². The van der Waals surface area contributed by atoms with Gasteiger partial charge in [-0.25, -0.2) is 9.07 Å². The molecule has 3 N–H and O–H groups in total. The maximum absolute atomic E-state index is 13.3. The number of amides is 1. The van der Waals surface area contributed by atoms with Gasteiger partial charge in [-0.1, -0.05) is 42.0 Å². The van der Waals surface area contributed by atoms with Crippen LogP contribution in [0.2, 0.25) is 0 Å². The van der Waals surface area contributed by atoms with Gasteiger partial charge >= 0.3 is 0 Å². The molecule has 0 saturated carbocycles. The van der Waals surface area contributed by atoms with Crippen LogP contribution in [0.3, 0.4) is 0 Å². The molecule has 2 aromatic carbocycles. The average Bonchev–Trinajstić information content (AvgIpc) is 3.19. The minimum Gasteiger partial charge on any atom is -0.369 e. The molecular formula is C22H26FN6O+. The van der Waals surface area contributed by atoms with E-state index in [0.717, 1.165) is 42.9 Å². The molecule has 7 nitrogen and oxygen atoms in total. The van der Waals surface area contributed by atoms with Gasteiger partial charge in [-0.2, -0.15) is 0 Å². The predicted molar refractivity (Wildman–Crippen MR) is 109 cm³/mol. The second-order valence-electron chi connectivity index (χ2n) is 8.00. The number of tetrazole rings is 1. The monoisotopic (exact) mass is 409 g/mol. The lowest BCUT2D eigenvalue weighted by molar-refractivity contribution is -0.931. The first kappa shape index (κ1) is 20.2. The number of aryl methyl sites for hydroxylation is 1. The number of halogens is 1. The Morgan fingerprint density at radius 1 is 1.17 bits per heavy atom. The molecule has 0 aliphatic carbocycles. The lowest BCUT2D eigenvalue weighted by Crippen LogP contribution is -3.13. The van der Waals surface area contributed by atoms with Gasteiger partial charge in [-0.3, -0.25) is 4.79 Å². The van der Waals surface area contributed by atoms with Gasteiger partial charge < -0.3 is 10.6 Å². The number of likely N-dealkylation sites (tertiary alicyclic amines) is 1. The molecule has 1 aliphatic rings. The standard InChI is InChI=1S/C22H25FN6O/c1-15-2-6-17(7-3-15)20(28-12-10-18(11-13-28)21(24)30)22-25-26-27-29(22)14-16-4-8-19(23)9-5-16/h2-9,18,20H,10-14H2,1H3,(H2,24,30)/p+1/t20-/m0/s1. The number of nitrogens with two attached hydrogens (primary N) is 1. The van der Waals surface area contributed by atoms with E-state index >= 15 is 0 Å². The van der Waals surface area contributed by atoms with Gasteiger partial charge in [0.25, 0.3) is 0 Å². The van der Waals surface area contributed by atoms with E-state index in [2.05, 4.69) is 46.7 Å². The van der Waals surface area contributed by atoms with Crippen molar-refractivity contribution in [1.29, 1.82) is 0 Å². The van der Waals surface area contributed by atoms with Crippen LogP contribution in [0.1, 0.15) is 41.4 Å². The highest BCUT2D eigenvalue weighted by Gasteiger charge is 2.35. The molecule has 156 valence electrons. The second kappa shape index (κ2) is 8.71. The summed E-state index contributed by atoms with van der Waals surface area (Å²) in [5.41, 5.74) is 8.76. The average molecular weight is 409 g/mol. The fraction of sp³-hybridized carbons (Fsp3) is 0.364. The Hall–Kier alpha value is -3.13. The zero-order valence-corrected chi connectivity index (χ0v) is 17.0. The number of carbonyl (C=O) groups is 1. The number of nitrogens with one attached hydrogen (secondary N) is 1. The zero-order valence-electron chi connectivity index (χ0n) is 17.0. The van der Waals surface area contributed by atoms with Crippen molar-refractivity contribution in [3.05, 3.63) is 76.9 Å². The summed E-state index contributed by atoms with van der Waals surface area (Å²) in [6.45, 7) is 4.15. The van der Waals surface area contributed by atoms with Crippen LogP contribution < -0.4 is 10.6 Å². The van der Waals surface area contributed by atoms with Crippen molar-refractivity contribution >= 4 is 5.91 Å². The van der Waals surface area contributed by atoms with Gasteiger partial charge in [0.1, 0.15) is 5.82 Å². The van der Waals surface area contributed by atoms with Gasteiger partial charge in [0, 0.05) is 24.3 Å². The molecule has 1 aliphatic heterocycles. The van der Waals surface area contributed by atoms with Gasteiger partial charge in [0.15, 0.2) is 6.04 Å². The maximum Gasteiger partial charge on any atom is 0.220 e. The van der Waals surface area contributed by atoms with Crippen molar-refractivity contribution in [1.82, 2.24) is 20.2 Å². The number of benzene rings is 2. The molecule has 3 aromatic rings. The summed E-state index contributed by atoms with van der Waals surface area (Å²) >= 11 is 0. The van der Waals surface area contributed by atoms with Gasteiger partial charge in [-0.05, 0) is 35.0 Å². The van der Waals surface area contributed by atoms with E-state index in [4.69, 9.17) is 5.73 Å². The smallest absolute Gasteiger partial charge is 0.220 e. The van der Waals surface area contributed by atoms with E-state index in [1.807, 2.05) is 0 Å². The third-order valence-corrected chi connectivity index (χ3v) is 5.91. The predicted octanol–water partition coefficient (Wildman–Crippen LogP) is 1.04. The Morgan fingerprint density at radius 2 is 1.83 bits per heavy atom. The highest BCUT2D eigenvalue weighted by atomic mass is 19.1. The minimum absolute atomic E-state index is 0.0603. The molecule has 1 aromatic heterocycles. The summed E-state index contributed by atoms with van der Waals surface area (Å²) in [6.07, 6.45) is 1.51. The molecule has 1 amide bonds. The van der Waals surface area contributed by atoms with Crippen LogP contribution in [0.4, 0.5) is 4.39 Å². The summed E-state index contributed by atoms with van der Waals surface area (Å²) in [6, 6.07) is 14.7. The molecule has 2 heterocycles. The van der Waals surface area contributed by atoms with Crippen LogP contribution in [0, 0.1) is 18.7 Å². The molecule has 0 bridgehead atoms. The Morgan fingerprint density at radius 3 is 2.47 bits per heavy atom. The highest BCUT2D eigenvalue weighted by Crippen LogP contribution is 2.21. The number of hydrogen-bond donors (Lipinski definition) is 2. The number of primary amides is 1. The summed E-state index contributed by atoms with van der Waals surface area (Å²) in [4.78, 5) is 12.9. The fourth-order valence-electron chi connectivity index (χ4n) is 4.18. The molecule has 0 radical (unpaired) electrons. The quantitative estimate of drug-likeness (QED) is 0.636. The molecule has 8 heteroatoms. The molecule has 30 heavy (non-hydrogen) atoms. The highest BCUT2D eigenvalue weighted by molar-refractivity contribution is 5.76. The first-order chi connectivity index (χ1) is 14.5. The lowest BCUT2D eigenvalue weighted by Gasteiger charge is -2.33. The topological polar surface area (TPSA) is 91.1 Å². The second-order valence-corrected chi connectivity index (χ2v) is 8.00. The molecule has 1 atom stereocenters. The third kappa shape index (κ3) is 4.38. The lowest BCUT2D eigenvalue weighted by atomic mass is 9.93. The molecular weight excluding hydrogens is 383 g/mol. The number of nitrogens with zero attached hydrogens (tertiary/aromatic N) is 4. The Bertz CT molecular complexity index is 993. The fourth-order valence-corrected chi connectivity index (χ4v) is 4.18. The third-order valence-electron chi connectivity index (χ3n) is 5.91. The number of quaternary nitrogens is 1. The minimum atomic E-state index is -0.269. The van der Waals surface area contributed by atoms with Gasteiger partial charge in [-0.15, -0.1) is 5.10 Å². The van der Waals surface area contributed by atoms with E-state index in [9.17, 15) is 9.18 Å². The van der Waals surface area contributed by atoms with Crippen molar-refractivity contribution in [3.8, 4) is 0 Å². The largest absolute Gasteiger partial charge is 0.369 e. The number of piperidine rings is 1. The van der Waals surface area contributed by atoms with Crippen molar-refractivity contribution in [2.45, 2.75) is 32.4 Å².